The molecule has 10 nitrogen and oxygen atoms in total. The number of anilines is 1. The summed E-state index contributed by atoms with van der Waals surface area (Å²) >= 11 is 0. The minimum absolute atomic E-state index is 0.0371. The maximum absolute atomic E-state index is 15.1. The third-order valence-corrected chi connectivity index (χ3v) is 5.05. The van der Waals surface area contributed by atoms with Gasteiger partial charge in [-0.25, -0.2) is 14.3 Å². The van der Waals surface area contributed by atoms with Crippen LogP contribution in [0.4, 0.5) is 15.0 Å². The molecule has 4 heterocycles. The fourth-order valence-electron chi connectivity index (χ4n) is 3.53. The zero-order valence-electron chi connectivity index (χ0n) is 17.0. The number of amides is 1. The minimum Gasteiger partial charge on any atom is -0.473 e. The number of hydrogen-bond acceptors (Lipinski definition) is 7. The van der Waals surface area contributed by atoms with Gasteiger partial charge in [-0.15, -0.1) is 0 Å². The molecule has 1 aliphatic rings. The molecule has 0 spiro atoms. The van der Waals surface area contributed by atoms with E-state index in [1.807, 2.05) is 18.2 Å². The van der Waals surface area contributed by atoms with Gasteiger partial charge in [-0.05, 0) is 25.0 Å². The highest BCUT2D eigenvalue weighted by Gasteiger charge is 2.26. The third kappa shape index (κ3) is 4.50. The fraction of sp³-hybridized carbons (Fsp3) is 0.400. The Morgan fingerprint density at radius 2 is 2.23 bits per heavy atom. The summed E-state index contributed by atoms with van der Waals surface area (Å²) < 4.78 is 27.3. The van der Waals surface area contributed by atoms with Crippen molar-refractivity contribution in [3.05, 3.63) is 36.4 Å². The Labute approximate surface area is 177 Å². The van der Waals surface area contributed by atoms with E-state index in [2.05, 4.69) is 20.4 Å². The quantitative estimate of drug-likeness (QED) is 0.550. The molecule has 3 aromatic rings. The van der Waals surface area contributed by atoms with Crippen LogP contribution in [0.2, 0.25) is 0 Å². The second-order valence-corrected chi connectivity index (χ2v) is 7.16. The van der Waals surface area contributed by atoms with Gasteiger partial charge in [0.25, 0.3) is 5.88 Å². The van der Waals surface area contributed by atoms with E-state index in [0.29, 0.717) is 24.9 Å². The van der Waals surface area contributed by atoms with E-state index >= 15 is 4.39 Å². The number of carboxylic acid groups (broad SMARTS) is 1. The monoisotopic (exact) mass is 430 g/mol. The number of ether oxygens (including phenoxy) is 2. The van der Waals surface area contributed by atoms with Gasteiger partial charge in [0.2, 0.25) is 5.82 Å². The highest BCUT2D eigenvalue weighted by molar-refractivity contribution is 5.76. The van der Waals surface area contributed by atoms with Crippen molar-refractivity contribution in [2.24, 2.45) is 0 Å². The number of methoxy groups -OCH3 is 1. The summed E-state index contributed by atoms with van der Waals surface area (Å²) in [5.74, 6) is -0.720. The lowest BCUT2D eigenvalue weighted by Gasteiger charge is -2.31. The molecule has 1 amide bonds. The average molecular weight is 430 g/mol. The molecule has 0 unspecified atom stereocenters. The summed E-state index contributed by atoms with van der Waals surface area (Å²) in [6, 6.07) is 5.29. The predicted octanol–water partition coefficient (Wildman–Crippen LogP) is 2.51. The zero-order valence-corrected chi connectivity index (χ0v) is 17.0. The van der Waals surface area contributed by atoms with Gasteiger partial charge in [-0.2, -0.15) is 14.5 Å². The number of halogens is 1. The van der Waals surface area contributed by atoms with Crippen molar-refractivity contribution in [3.63, 3.8) is 0 Å². The first-order valence-electron chi connectivity index (χ1n) is 9.93. The lowest BCUT2D eigenvalue weighted by molar-refractivity contribution is 0.132. The van der Waals surface area contributed by atoms with Gasteiger partial charge < -0.3 is 24.8 Å². The van der Waals surface area contributed by atoms with Crippen LogP contribution in [0.3, 0.4) is 0 Å². The van der Waals surface area contributed by atoms with Crippen LogP contribution in [0.1, 0.15) is 12.8 Å². The van der Waals surface area contributed by atoms with E-state index in [9.17, 15) is 9.90 Å². The van der Waals surface area contributed by atoms with Crippen LogP contribution in [0, 0.1) is 5.82 Å². The molecule has 31 heavy (non-hydrogen) atoms. The highest BCUT2D eigenvalue weighted by Crippen LogP contribution is 2.29. The Kier molecular flexibility index (Phi) is 6.12. The fourth-order valence-corrected chi connectivity index (χ4v) is 3.53. The van der Waals surface area contributed by atoms with Crippen LogP contribution in [-0.4, -0.2) is 75.1 Å². The van der Waals surface area contributed by atoms with Gasteiger partial charge in [-0.3, -0.25) is 0 Å². The molecule has 1 saturated heterocycles. The number of fused-ring (bicyclic) bond motifs is 1. The number of piperidine rings is 1. The van der Waals surface area contributed by atoms with Crippen molar-refractivity contribution in [3.8, 4) is 17.3 Å². The van der Waals surface area contributed by atoms with Crippen molar-refractivity contribution in [2.45, 2.75) is 18.9 Å². The average Bonchev–Trinajstić information content (AvgIpc) is 3.21. The molecule has 4 rings (SSSR count). The van der Waals surface area contributed by atoms with E-state index in [1.54, 1.807) is 16.9 Å². The van der Waals surface area contributed by atoms with Gasteiger partial charge in [0.1, 0.15) is 6.61 Å². The number of nitrogens with zero attached hydrogens (tertiary/aromatic N) is 5. The smallest absolute Gasteiger partial charge is 0.407 e. The van der Waals surface area contributed by atoms with E-state index in [-0.39, 0.29) is 43.3 Å². The van der Waals surface area contributed by atoms with Crippen LogP contribution in [-0.2, 0) is 4.74 Å². The molecule has 164 valence electrons. The third-order valence-electron chi connectivity index (χ3n) is 5.05. The number of likely N-dealkylation sites (tertiary alicyclic amines) is 1. The van der Waals surface area contributed by atoms with Crippen molar-refractivity contribution < 1.29 is 23.8 Å². The molecule has 0 aromatic carbocycles. The van der Waals surface area contributed by atoms with Crippen LogP contribution in [0.5, 0.6) is 5.88 Å². The summed E-state index contributed by atoms with van der Waals surface area (Å²) in [5.41, 5.74) is 1.38. The molecule has 2 N–H and O–H groups in total. The first-order chi connectivity index (χ1) is 15.1. The summed E-state index contributed by atoms with van der Waals surface area (Å²) in [6.45, 7) is 1.09. The maximum atomic E-state index is 15.1. The predicted molar refractivity (Wildman–Crippen MR) is 110 cm³/mol. The Morgan fingerprint density at radius 1 is 1.35 bits per heavy atom. The number of aromatic nitrogens is 4. The number of rotatable bonds is 7. The van der Waals surface area contributed by atoms with Gasteiger partial charge in [0, 0.05) is 32.4 Å². The molecule has 1 aliphatic heterocycles. The normalized spacial score (nSPS) is 16.5. The van der Waals surface area contributed by atoms with Crippen LogP contribution < -0.4 is 10.1 Å². The lowest BCUT2D eigenvalue weighted by Crippen LogP contribution is -2.44. The Morgan fingerprint density at radius 3 is 3.03 bits per heavy atom. The van der Waals surface area contributed by atoms with Crippen molar-refractivity contribution >= 4 is 17.4 Å². The van der Waals surface area contributed by atoms with Crippen molar-refractivity contribution in [1.29, 1.82) is 0 Å². The van der Waals surface area contributed by atoms with E-state index < -0.39 is 11.9 Å². The molecular formula is C20H23FN6O4. The maximum Gasteiger partial charge on any atom is 0.407 e. The number of carbonyl (C=O) groups is 1. The lowest BCUT2D eigenvalue weighted by atomic mass is 10.1. The van der Waals surface area contributed by atoms with E-state index in [4.69, 9.17) is 9.47 Å². The molecule has 0 radical (unpaired) electrons. The standard InChI is InChI=1S/C20H23FN6O4/c1-30-9-10-31-19-16(21)18(23-13-5-4-7-26(12-13)20(28)29)24-17(25-19)14-11-22-27-8-3-2-6-15(14)27/h2-3,6,8,11,13H,4-5,7,9-10,12H2,1H3,(H,28,29)(H,23,24,25)/t13-/m1/s1. The number of pyridine rings is 1. The molecule has 1 fully saturated rings. The molecule has 1 atom stereocenters. The first kappa shape index (κ1) is 20.8. The Bertz CT molecular complexity index is 1080. The van der Waals surface area contributed by atoms with Gasteiger partial charge in [0.15, 0.2) is 11.6 Å². The number of hydrogen-bond donors (Lipinski definition) is 2. The molecule has 0 bridgehead atoms. The molecular weight excluding hydrogens is 407 g/mol. The highest BCUT2D eigenvalue weighted by atomic mass is 19.1. The van der Waals surface area contributed by atoms with E-state index in [0.717, 1.165) is 5.52 Å². The molecule has 11 heteroatoms. The van der Waals surface area contributed by atoms with Crippen molar-refractivity contribution in [1.82, 2.24) is 24.5 Å². The Balaban J connectivity index is 1.69. The summed E-state index contributed by atoms with van der Waals surface area (Å²) in [6.07, 6.45) is 3.77. The van der Waals surface area contributed by atoms with Crippen molar-refractivity contribution in [2.75, 3.05) is 38.7 Å². The zero-order chi connectivity index (χ0) is 21.8. The summed E-state index contributed by atoms with van der Waals surface area (Å²) in [7, 11) is 1.52. The van der Waals surface area contributed by atoms with Crippen LogP contribution in [0.25, 0.3) is 16.9 Å². The Hall–Kier alpha value is -3.47. The second kappa shape index (κ2) is 9.13. The molecule has 3 aromatic heterocycles. The molecule has 0 aliphatic carbocycles. The van der Waals surface area contributed by atoms with Crippen LogP contribution in [0.15, 0.2) is 30.6 Å². The van der Waals surface area contributed by atoms with Gasteiger partial charge in [0.05, 0.1) is 23.9 Å². The summed E-state index contributed by atoms with van der Waals surface area (Å²) in [4.78, 5) is 21.3. The first-order valence-corrected chi connectivity index (χ1v) is 9.93. The SMILES string of the molecule is COCCOc1nc(-c2cnn3ccccc23)nc(N[C@@H]2CCCN(C(=O)O)C2)c1F. The molecule has 0 saturated carbocycles. The van der Waals surface area contributed by atoms with Gasteiger partial charge in [-0.1, -0.05) is 6.07 Å². The van der Waals surface area contributed by atoms with E-state index in [1.165, 1.54) is 12.0 Å². The summed E-state index contributed by atoms with van der Waals surface area (Å²) in [5, 5.41) is 16.6. The largest absolute Gasteiger partial charge is 0.473 e. The van der Waals surface area contributed by atoms with Gasteiger partial charge >= 0.3 is 6.09 Å². The second-order valence-electron chi connectivity index (χ2n) is 7.16. The topological polar surface area (TPSA) is 114 Å². The van der Waals surface area contributed by atoms with Crippen LogP contribution >= 0.6 is 0 Å². The number of nitrogens with one attached hydrogen (secondary N) is 1. The minimum atomic E-state index is -0.995.